The SMILES string of the molecule is CC1CCNC(C(=O)NC(C)CCCO)C1. The molecule has 1 heterocycles. The highest BCUT2D eigenvalue weighted by Crippen LogP contribution is 2.15. The molecule has 1 rings (SSSR count). The van der Waals surface area contributed by atoms with E-state index < -0.39 is 0 Å². The number of carbonyl (C=O) groups is 1. The second kappa shape index (κ2) is 6.86. The number of carbonyl (C=O) groups excluding carboxylic acids is 1. The molecular weight excluding hydrogens is 204 g/mol. The average Bonchev–Trinajstić information content (AvgIpc) is 2.26. The predicted molar refractivity (Wildman–Crippen MR) is 64.1 cm³/mol. The van der Waals surface area contributed by atoms with Crippen molar-refractivity contribution in [3.05, 3.63) is 0 Å². The monoisotopic (exact) mass is 228 g/mol. The second-order valence-electron chi connectivity index (χ2n) is 4.91. The summed E-state index contributed by atoms with van der Waals surface area (Å²) in [6.07, 6.45) is 3.67. The minimum absolute atomic E-state index is 0.0275. The number of piperidine rings is 1. The zero-order valence-electron chi connectivity index (χ0n) is 10.3. The van der Waals surface area contributed by atoms with Gasteiger partial charge >= 0.3 is 0 Å². The lowest BCUT2D eigenvalue weighted by Crippen LogP contribution is -2.50. The molecule has 4 nitrogen and oxygen atoms in total. The van der Waals surface area contributed by atoms with E-state index in [1.54, 1.807) is 0 Å². The average molecular weight is 228 g/mol. The standard InChI is InChI=1S/C12H24N2O2/c1-9-5-6-13-11(8-9)12(16)14-10(2)4-3-7-15/h9-11,13,15H,3-8H2,1-2H3,(H,14,16). The molecule has 0 bridgehead atoms. The molecule has 0 aromatic carbocycles. The first-order chi connectivity index (χ1) is 7.63. The van der Waals surface area contributed by atoms with Crippen LogP contribution in [0.5, 0.6) is 0 Å². The minimum atomic E-state index is -0.0275. The molecule has 0 spiro atoms. The van der Waals surface area contributed by atoms with Crippen LogP contribution in [0.25, 0.3) is 0 Å². The minimum Gasteiger partial charge on any atom is -0.396 e. The fourth-order valence-electron chi connectivity index (χ4n) is 2.12. The van der Waals surface area contributed by atoms with Gasteiger partial charge in [0.05, 0.1) is 6.04 Å². The highest BCUT2D eigenvalue weighted by atomic mass is 16.3. The molecular formula is C12H24N2O2. The lowest BCUT2D eigenvalue weighted by molar-refractivity contribution is -0.124. The van der Waals surface area contributed by atoms with E-state index in [1.807, 2.05) is 6.92 Å². The Kier molecular flexibility index (Phi) is 5.77. The summed E-state index contributed by atoms with van der Waals surface area (Å²) < 4.78 is 0. The molecule has 1 aliphatic heterocycles. The van der Waals surface area contributed by atoms with Crippen LogP contribution in [0.15, 0.2) is 0 Å². The summed E-state index contributed by atoms with van der Waals surface area (Å²) in [5, 5.41) is 14.9. The normalized spacial score (nSPS) is 27.4. The van der Waals surface area contributed by atoms with Gasteiger partial charge in [-0.1, -0.05) is 6.92 Å². The van der Waals surface area contributed by atoms with E-state index >= 15 is 0 Å². The smallest absolute Gasteiger partial charge is 0.237 e. The third-order valence-corrected chi connectivity index (χ3v) is 3.17. The van der Waals surface area contributed by atoms with Crippen molar-refractivity contribution in [2.75, 3.05) is 13.2 Å². The van der Waals surface area contributed by atoms with E-state index in [-0.39, 0.29) is 24.6 Å². The van der Waals surface area contributed by atoms with Gasteiger partial charge < -0.3 is 15.7 Å². The lowest BCUT2D eigenvalue weighted by atomic mass is 9.94. The van der Waals surface area contributed by atoms with E-state index in [1.165, 1.54) is 0 Å². The summed E-state index contributed by atoms with van der Waals surface area (Å²) in [5.41, 5.74) is 0. The molecule has 1 amide bonds. The first-order valence-electron chi connectivity index (χ1n) is 6.28. The molecule has 16 heavy (non-hydrogen) atoms. The second-order valence-corrected chi connectivity index (χ2v) is 4.91. The highest BCUT2D eigenvalue weighted by molar-refractivity contribution is 5.82. The molecule has 0 saturated carbocycles. The Morgan fingerprint density at radius 2 is 2.38 bits per heavy atom. The van der Waals surface area contributed by atoms with Crippen molar-refractivity contribution < 1.29 is 9.90 Å². The summed E-state index contributed by atoms with van der Waals surface area (Å²) in [5.74, 6) is 0.738. The molecule has 3 atom stereocenters. The number of amides is 1. The van der Waals surface area contributed by atoms with Crippen molar-refractivity contribution in [3.63, 3.8) is 0 Å². The fourth-order valence-corrected chi connectivity index (χ4v) is 2.12. The Morgan fingerprint density at radius 1 is 1.62 bits per heavy atom. The Hall–Kier alpha value is -0.610. The van der Waals surface area contributed by atoms with E-state index in [4.69, 9.17) is 5.11 Å². The van der Waals surface area contributed by atoms with Crippen molar-refractivity contribution >= 4 is 5.91 Å². The maximum Gasteiger partial charge on any atom is 0.237 e. The third-order valence-electron chi connectivity index (χ3n) is 3.17. The van der Waals surface area contributed by atoms with Gasteiger partial charge in [-0.15, -0.1) is 0 Å². The summed E-state index contributed by atoms with van der Waals surface area (Å²) in [4.78, 5) is 11.9. The third kappa shape index (κ3) is 4.49. The summed E-state index contributed by atoms with van der Waals surface area (Å²) >= 11 is 0. The Bertz CT molecular complexity index is 221. The zero-order chi connectivity index (χ0) is 12.0. The van der Waals surface area contributed by atoms with Crippen molar-refractivity contribution in [1.82, 2.24) is 10.6 Å². The van der Waals surface area contributed by atoms with Crippen molar-refractivity contribution in [2.24, 2.45) is 5.92 Å². The van der Waals surface area contributed by atoms with Gasteiger partial charge in [-0.05, 0) is 45.1 Å². The van der Waals surface area contributed by atoms with Crippen LogP contribution in [-0.2, 0) is 4.79 Å². The molecule has 1 fully saturated rings. The van der Waals surface area contributed by atoms with Crippen LogP contribution < -0.4 is 10.6 Å². The lowest BCUT2D eigenvalue weighted by Gasteiger charge is -2.28. The molecule has 0 aliphatic carbocycles. The number of aliphatic hydroxyl groups excluding tert-OH is 1. The summed E-state index contributed by atoms with van der Waals surface area (Å²) in [6, 6.07) is 0.124. The molecule has 1 aliphatic rings. The highest BCUT2D eigenvalue weighted by Gasteiger charge is 2.24. The van der Waals surface area contributed by atoms with Gasteiger partial charge in [-0.2, -0.15) is 0 Å². The molecule has 0 aromatic rings. The first-order valence-corrected chi connectivity index (χ1v) is 6.28. The largest absolute Gasteiger partial charge is 0.396 e. The van der Waals surface area contributed by atoms with Crippen LogP contribution in [0.2, 0.25) is 0 Å². The zero-order valence-corrected chi connectivity index (χ0v) is 10.3. The Labute approximate surface area is 97.8 Å². The number of nitrogens with one attached hydrogen (secondary N) is 2. The number of hydrogen-bond acceptors (Lipinski definition) is 3. The molecule has 3 unspecified atom stereocenters. The maximum atomic E-state index is 11.9. The Morgan fingerprint density at radius 3 is 3.00 bits per heavy atom. The van der Waals surface area contributed by atoms with E-state index in [2.05, 4.69) is 17.6 Å². The summed E-state index contributed by atoms with van der Waals surface area (Å²) in [6.45, 7) is 5.30. The van der Waals surface area contributed by atoms with Crippen LogP contribution in [-0.4, -0.2) is 36.2 Å². The van der Waals surface area contributed by atoms with Crippen molar-refractivity contribution in [3.8, 4) is 0 Å². The quantitative estimate of drug-likeness (QED) is 0.647. The molecule has 4 heteroatoms. The van der Waals surface area contributed by atoms with Crippen LogP contribution in [0.3, 0.4) is 0 Å². The maximum absolute atomic E-state index is 11.9. The molecule has 3 N–H and O–H groups in total. The van der Waals surface area contributed by atoms with Crippen LogP contribution in [0.4, 0.5) is 0 Å². The molecule has 1 saturated heterocycles. The molecule has 0 radical (unpaired) electrons. The fraction of sp³-hybridized carbons (Fsp3) is 0.917. The van der Waals surface area contributed by atoms with E-state index in [9.17, 15) is 4.79 Å². The van der Waals surface area contributed by atoms with Crippen LogP contribution in [0, 0.1) is 5.92 Å². The van der Waals surface area contributed by atoms with E-state index in [0.717, 1.165) is 32.2 Å². The number of hydrogen-bond donors (Lipinski definition) is 3. The number of rotatable bonds is 5. The predicted octanol–water partition coefficient (Wildman–Crippen LogP) is 0.652. The van der Waals surface area contributed by atoms with Crippen LogP contribution in [0.1, 0.15) is 39.5 Å². The first kappa shape index (κ1) is 13.5. The van der Waals surface area contributed by atoms with Gasteiger partial charge in [0.15, 0.2) is 0 Å². The van der Waals surface area contributed by atoms with Gasteiger partial charge in [0.2, 0.25) is 5.91 Å². The van der Waals surface area contributed by atoms with Gasteiger partial charge in [0.25, 0.3) is 0 Å². The van der Waals surface area contributed by atoms with Crippen molar-refractivity contribution in [2.45, 2.75) is 51.6 Å². The van der Waals surface area contributed by atoms with Gasteiger partial charge in [-0.25, -0.2) is 0 Å². The molecule has 94 valence electrons. The van der Waals surface area contributed by atoms with E-state index in [0.29, 0.717) is 5.92 Å². The van der Waals surface area contributed by atoms with Gasteiger partial charge in [0.1, 0.15) is 0 Å². The van der Waals surface area contributed by atoms with Crippen molar-refractivity contribution in [1.29, 1.82) is 0 Å². The topological polar surface area (TPSA) is 61.4 Å². The molecule has 0 aromatic heterocycles. The summed E-state index contributed by atoms with van der Waals surface area (Å²) in [7, 11) is 0. The van der Waals surface area contributed by atoms with Gasteiger partial charge in [0, 0.05) is 12.6 Å². The Balaban J connectivity index is 2.27. The number of aliphatic hydroxyl groups is 1. The van der Waals surface area contributed by atoms with Gasteiger partial charge in [-0.3, -0.25) is 4.79 Å². The van der Waals surface area contributed by atoms with Crippen LogP contribution >= 0.6 is 0 Å².